The van der Waals surface area contributed by atoms with E-state index in [1.165, 1.54) is 6.92 Å². The first-order valence-electron chi connectivity index (χ1n) is 24.4. The van der Waals surface area contributed by atoms with Crippen molar-refractivity contribution in [1.82, 2.24) is 0 Å². The van der Waals surface area contributed by atoms with Gasteiger partial charge < -0.3 is 89.3 Å². The molecular formula is C48H80O18. The van der Waals surface area contributed by atoms with Crippen LogP contribution in [0.5, 0.6) is 0 Å². The Morgan fingerprint density at radius 1 is 0.636 bits per heavy atom. The summed E-state index contributed by atoms with van der Waals surface area (Å²) >= 11 is 0. The van der Waals surface area contributed by atoms with Gasteiger partial charge in [0.2, 0.25) is 0 Å². The van der Waals surface area contributed by atoms with E-state index in [2.05, 4.69) is 34.6 Å². The Kier molecular flexibility index (Phi) is 13.7. The second-order valence-electron chi connectivity index (χ2n) is 23.3. The summed E-state index contributed by atoms with van der Waals surface area (Å²) in [5.41, 5.74) is -2.42. The van der Waals surface area contributed by atoms with Crippen LogP contribution in [0.15, 0.2) is 11.6 Å². The number of hydrogen-bond donors (Lipinski definition) is 11. The largest absolute Gasteiger partial charge is 0.388 e. The number of aliphatic hydroxyl groups excluding tert-OH is 10. The monoisotopic (exact) mass is 945 g/mol. The molecule has 0 bridgehead atoms. The van der Waals surface area contributed by atoms with E-state index in [1.54, 1.807) is 6.92 Å². The third-order valence-electron chi connectivity index (χ3n) is 19.3. The Balaban J connectivity index is 1.02. The Morgan fingerprint density at radius 3 is 1.83 bits per heavy atom. The van der Waals surface area contributed by atoms with Gasteiger partial charge in [-0.15, -0.1) is 0 Å². The van der Waals surface area contributed by atoms with Crippen LogP contribution in [0.3, 0.4) is 0 Å². The summed E-state index contributed by atoms with van der Waals surface area (Å²) in [6.45, 7) is 19.5. The van der Waals surface area contributed by atoms with Crippen molar-refractivity contribution in [1.29, 1.82) is 0 Å². The minimum atomic E-state index is -2.02. The molecule has 0 amide bonds. The maximum absolute atomic E-state index is 12.9. The highest BCUT2D eigenvalue weighted by Crippen LogP contribution is 2.78. The molecule has 0 radical (unpaired) electrons. The molecule has 4 aliphatic carbocycles. The molecule has 4 saturated heterocycles. The average molecular weight is 945 g/mol. The maximum Gasteiger partial charge on any atom is 0.199 e. The molecule has 8 unspecified atom stereocenters. The van der Waals surface area contributed by atoms with Crippen LogP contribution in [-0.2, 0) is 33.2 Å². The molecule has 0 aromatic heterocycles. The zero-order chi connectivity index (χ0) is 48.6. The molecule has 0 aromatic rings. The minimum Gasteiger partial charge on any atom is -0.388 e. The molecule has 66 heavy (non-hydrogen) atoms. The van der Waals surface area contributed by atoms with Crippen LogP contribution in [0.2, 0.25) is 0 Å². The van der Waals surface area contributed by atoms with E-state index < -0.39 is 151 Å². The van der Waals surface area contributed by atoms with Crippen molar-refractivity contribution in [2.75, 3.05) is 6.61 Å². The summed E-state index contributed by atoms with van der Waals surface area (Å²) in [6.07, 6.45) is -16.7. The smallest absolute Gasteiger partial charge is 0.199 e. The molecule has 18 nitrogen and oxygen atoms in total. The fraction of sp³-hybridized carbons (Fsp3) is 0.958. The summed E-state index contributed by atoms with van der Waals surface area (Å²) in [6, 6.07) is 0. The van der Waals surface area contributed by atoms with E-state index >= 15 is 0 Å². The van der Waals surface area contributed by atoms with Crippen molar-refractivity contribution in [3.8, 4) is 0 Å². The number of aliphatic hydroxyl groups is 11. The lowest BCUT2D eigenvalue weighted by Crippen LogP contribution is -2.67. The lowest BCUT2D eigenvalue weighted by Gasteiger charge is -2.70. The van der Waals surface area contributed by atoms with Crippen LogP contribution in [0.25, 0.3) is 0 Å². The minimum absolute atomic E-state index is 0.0895. The predicted octanol–water partition coefficient (Wildman–Crippen LogP) is 0.336. The van der Waals surface area contributed by atoms with Gasteiger partial charge >= 0.3 is 0 Å². The Hall–Kier alpha value is -0.980. The summed E-state index contributed by atoms with van der Waals surface area (Å²) in [4.78, 5) is 0. The van der Waals surface area contributed by atoms with Crippen molar-refractivity contribution >= 4 is 0 Å². The van der Waals surface area contributed by atoms with Gasteiger partial charge in [0.25, 0.3) is 0 Å². The van der Waals surface area contributed by atoms with E-state index in [9.17, 15) is 56.2 Å². The molecule has 4 saturated carbocycles. The molecule has 380 valence electrons. The summed E-state index contributed by atoms with van der Waals surface area (Å²) in [5.74, 6) is -2.89. The molecular weight excluding hydrogens is 865 g/mol. The Bertz CT molecular complexity index is 1780. The predicted molar refractivity (Wildman–Crippen MR) is 231 cm³/mol. The lowest BCUT2D eigenvalue weighted by atomic mass is 9.35. The number of fused-ring (bicyclic) bond motifs is 7. The number of rotatable bonds is 9. The fourth-order valence-corrected chi connectivity index (χ4v) is 15.3. The van der Waals surface area contributed by atoms with Gasteiger partial charge in [0.05, 0.1) is 36.9 Å². The molecule has 18 heteroatoms. The van der Waals surface area contributed by atoms with Crippen LogP contribution in [0.4, 0.5) is 0 Å². The third-order valence-corrected chi connectivity index (χ3v) is 19.3. The van der Waals surface area contributed by atoms with Gasteiger partial charge in [-0.2, -0.15) is 0 Å². The van der Waals surface area contributed by atoms with Gasteiger partial charge in [-0.1, -0.05) is 46.3 Å². The zero-order valence-corrected chi connectivity index (χ0v) is 40.2. The van der Waals surface area contributed by atoms with Gasteiger partial charge in [-0.25, -0.2) is 0 Å². The number of allylic oxidation sites excluding steroid dienone is 1. The molecule has 8 fully saturated rings. The highest BCUT2D eigenvalue weighted by molar-refractivity contribution is 5.28. The van der Waals surface area contributed by atoms with Crippen LogP contribution in [0, 0.1) is 45.3 Å². The third kappa shape index (κ3) is 7.56. The van der Waals surface area contributed by atoms with Gasteiger partial charge in [-0.05, 0) is 114 Å². The first kappa shape index (κ1) is 51.4. The van der Waals surface area contributed by atoms with Crippen molar-refractivity contribution < 1.29 is 89.3 Å². The molecule has 8 rings (SSSR count). The molecule has 0 aromatic carbocycles. The molecule has 27 atom stereocenters. The molecule has 0 spiro atoms. The summed E-state index contributed by atoms with van der Waals surface area (Å²) < 4.78 is 43.4. The number of hydrogen-bond acceptors (Lipinski definition) is 18. The van der Waals surface area contributed by atoms with E-state index in [1.807, 2.05) is 26.8 Å². The standard InChI is InChI=1S/C48H80O18/c1-20(2)11-14-28-47(10,66-41-37(57)33(53)30(50)22(4)62-41)38-23-12-13-26-44(7)17-16-27(43(5,6)25(44)15-18-45(26,8)46(23,9)42(58)48(38,59)65-28)64-40-36(56)34(54)31(51)24(63-40)19-60-39-35(55)32(52)29(49)21(3)61-39/h11,21-42,49-59H,12-19H2,1-10H3/t21-,22-,23+,24?,25?,26?,27-,28+,29-,30-,31?,32+,33+,34?,35+,36?,37+,38?,39+,40?,41-,42+,44-,45+,46-,47-,48+/m0/s1. The normalized spacial score (nSPS) is 57.9. The van der Waals surface area contributed by atoms with E-state index in [-0.39, 0.29) is 23.2 Å². The zero-order valence-electron chi connectivity index (χ0n) is 40.2. The van der Waals surface area contributed by atoms with Crippen LogP contribution in [-0.4, -0.2) is 185 Å². The summed E-state index contributed by atoms with van der Waals surface area (Å²) in [5, 5.41) is 122. The average Bonchev–Trinajstić information content (AvgIpc) is 3.58. The maximum atomic E-state index is 12.9. The SMILES string of the molecule is CC(C)=CC[C@H]1O[C@]2(O)C([C@H]3CCC4[C@@]5(C)CC[C@H](OC6OC(CO[C@@H]7O[C@@H](C)[C@H](O)[C@@H](O)[C@H]7O)C(O)C(O)C6O)C(C)(C)C5CC[C@@]4(C)[C@]3(C)[C@H]2O)[C@@]1(C)O[C@@H]1O[C@@H](C)[C@H](O)[C@@H](O)[C@H]1O. The van der Waals surface area contributed by atoms with Gasteiger partial charge in [-0.3, -0.25) is 0 Å². The highest BCUT2D eigenvalue weighted by atomic mass is 16.7. The van der Waals surface area contributed by atoms with Crippen molar-refractivity contribution in [3.05, 3.63) is 11.6 Å². The molecule has 8 aliphatic rings. The van der Waals surface area contributed by atoms with Crippen molar-refractivity contribution in [2.24, 2.45) is 45.3 Å². The first-order chi connectivity index (χ1) is 30.6. The molecule has 4 heterocycles. The van der Waals surface area contributed by atoms with E-state index in [4.69, 9.17) is 33.2 Å². The van der Waals surface area contributed by atoms with Crippen LogP contribution >= 0.6 is 0 Å². The van der Waals surface area contributed by atoms with E-state index in [0.717, 1.165) is 24.8 Å². The van der Waals surface area contributed by atoms with Crippen molar-refractivity contribution in [3.63, 3.8) is 0 Å². The van der Waals surface area contributed by atoms with Crippen LogP contribution < -0.4 is 0 Å². The van der Waals surface area contributed by atoms with Gasteiger partial charge in [0, 0.05) is 5.41 Å². The molecule has 11 N–H and O–H groups in total. The van der Waals surface area contributed by atoms with Crippen LogP contribution in [0.1, 0.15) is 114 Å². The highest BCUT2D eigenvalue weighted by Gasteiger charge is 2.82. The van der Waals surface area contributed by atoms with E-state index in [0.29, 0.717) is 25.7 Å². The fourth-order valence-electron chi connectivity index (χ4n) is 15.3. The summed E-state index contributed by atoms with van der Waals surface area (Å²) in [7, 11) is 0. The quantitative estimate of drug-likeness (QED) is 0.110. The Labute approximate surface area is 388 Å². The number of ether oxygens (including phenoxy) is 7. The Morgan fingerprint density at radius 2 is 1.21 bits per heavy atom. The second-order valence-corrected chi connectivity index (χ2v) is 23.3. The first-order valence-corrected chi connectivity index (χ1v) is 24.4. The van der Waals surface area contributed by atoms with Gasteiger partial charge in [0.1, 0.15) is 72.7 Å². The van der Waals surface area contributed by atoms with Gasteiger partial charge in [0.15, 0.2) is 24.7 Å². The molecule has 4 aliphatic heterocycles. The topological polar surface area (TPSA) is 287 Å². The second kappa shape index (κ2) is 17.7. The lowest BCUT2D eigenvalue weighted by molar-refractivity contribution is -0.345. The van der Waals surface area contributed by atoms with Crippen molar-refractivity contribution in [2.45, 2.75) is 236 Å².